The van der Waals surface area contributed by atoms with Crippen LogP contribution in [0, 0.1) is 5.92 Å². The Kier molecular flexibility index (Phi) is 2.62. The Labute approximate surface area is 84.8 Å². The zero-order chi connectivity index (χ0) is 10.2. The summed E-state index contributed by atoms with van der Waals surface area (Å²) in [5.41, 5.74) is -0.460. The van der Waals surface area contributed by atoms with E-state index >= 15 is 0 Å². The molecular formula is C11H18O3. The Balaban J connectivity index is 1.82. The fourth-order valence-electron chi connectivity index (χ4n) is 2.10. The van der Waals surface area contributed by atoms with Gasteiger partial charge in [-0.2, -0.15) is 0 Å². The zero-order valence-electron chi connectivity index (χ0n) is 8.91. The molecule has 0 unspecified atom stereocenters. The van der Waals surface area contributed by atoms with Crippen LogP contribution in [0.25, 0.3) is 0 Å². The SMILES string of the molecule is C[C@@H](C[C@H]1CCCO1)C(=O)[C@@]1(C)CO1. The third-order valence-corrected chi connectivity index (χ3v) is 3.19. The normalized spacial score (nSPS) is 38.3. The minimum Gasteiger partial charge on any atom is -0.378 e. The van der Waals surface area contributed by atoms with Gasteiger partial charge in [-0.05, 0) is 26.2 Å². The molecule has 0 radical (unpaired) electrons. The van der Waals surface area contributed by atoms with Gasteiger partial charge in [0, 0.05) is 12.5 Å². The summed E-state index contributed by atoms with van der Waals surface area (Å²) in [4.78, 5) is 11.8. The van der Waals surface area contributed by atoms with Crippen LogP contribution < -0.4 is 0 Å². The number of hydrogen-bond acceptors (Lipinski definition) is 3. The first-order valence-electron chi connectivity index (χ1n) is 5.42. The number of rotatable bonds is 4. The number of ketones is 1. The van der Waals surface area contributed by atoms with Crippen LogP contribution in [0.5, 0.6) is 0 Å². The van der Waals surface area contributed by atoms with E-state index in [1.54, 1.807) is 0 Å². The predicted molar refractivity (Wildman–Crippen MR) is 52.1 cm³/mol. The summed E-state index contributed by atoms with van der Waals surface area (Å²) in [7, 11) is 0. The van der Waals surface area contributed by atoms with Gasteiger partial charge in [0.25, 0.3) is 0 Å². The molecule has 0 N–H and O–H groups in total. The smallest absolute Gasteiger partial charge is 0.169 e. The lowest BCUT2D eigenvalue weighted by Crippen LogP contribution is -2.29. The first-order valence-corrected chi connectivity index (χ1v) is 5.42. The van der Waals surface area contributed by atoms with Crippen LogP contribution in [0.2, 0.25) is 0 Å². The lowest BCUT2D eigenvalue weighted by Gasteiger charge is -2.16. The highest BCUT2D eigenvalue weighted by molar-refractivity contribution is 5.91. The lowest BCUT2D eigenvalue weighted by atomic mass is 9.91. The van der Waals surface area contributed by atoms with E-state index in [0.29, 0.717) is 12.7 Å². The summed E-state index contributed by atoms with van der Waals surface area (Å²) >= 11 is 0. The van der Waals surface area contributed by atoms with Gasteiger partial charge in [-0.15, -0.1) is 0 Å². The highest BCUT2D eigenvalue weighted by Gasteiger charge is 2.48. The Hall–Kier alpha value is -0.410. The first kappa shape index (κ1) is 10.1. The van der Waals surface area contributed by atoms with E-state index in [-0.39, 0.29) is 11.7 Å². The van der Waals surface area contributed by atoms with Crippen LogP contribution in [0.3, 0.4) is 0 Å². The molecule has 0 bridgehead atoms. The Morgan fingerprint density at radius 3 is 2.86 bits per heavy atom. The van der Waals surface area contributed by atoms with Gasteiger partial charge < -0.3 is 9.47 Å². The van der Waals surface area contributed by atoms with Crippen LogP contribution in [0.15, 0.2) is 0 Å². The van der Waals surface area contributed by atoms with Crippen molar-refractivity contribution in [2.45, 2.75) is 44.8 Å². The number of carbonyl (C=O) groups is 1. The minimum atomic E-state index is -0.460. The number of hydrogen-bond donors (Lipinski definition) is 0. The quantitative estimate of drug-likeness (QED) is 0.643. The molecule has 0 aromatic rings. The summed E-state index contributed by atoms with van der Waals surface area (Å²) in [5, 5.41) is 0. The standard InChI is InChI=1S/C11H18O3/c1-8(6-9-4-3-5-13-9)10(12)11(2)7-14-11/h8-9H,3-7H2,1-2H3/t8-,9+,11+/m0/s1. The summed E-state index contributed by atoms with van der Waals surface area (Å²) in [5.74, 6) is 0.318. The molecule has 0 saturated carbocycles. The van der Waals surface area contributed by atoms with Crippen molar-refractivity contribution in [3.63, 3.8) is 0 Å². The number of Topliss-reactive ketones (excluding diaryl/α,β-unsaturated/α-hetero) is 1. The van der Waals surface area contributed by atoms with Gasteiger partial charge >= 0.3 is 0 Å². The van der Waals surface area contributed by atoms with Crippen LogP contribution in [-0.2, 0) is 14.3 Å². The average molecular weight is 198 g/mol. The predicted octanol–water partition coefficient (Wildman–Crippen LogP) is 1.55. The highest BCUT2D eigenvalue weighted by Crippen LogP contribution is 2.32. The van der Waals surface area contributed by atoms with Gasteiger partial charge in [0.1, 0.15) is 5.60 Å². The summed E-state index contributed by atoms with van der Waals surface area (Å²) in [6.45, 7) is 5.32. The number of epoxide rings is 1. The second-order valence-corrected chi connectivity index (χ2v) is 4.66. The Bertz CT molecular complexity index is 227. The molecule has 0 aromatic heterocycles. The van der Waals surface area contributed by atoms with Crippen molar-refractivity contribution in [1.82, 2.24) is 0 Å². The van der Waals surface area contributed by atoms with E-state index in [4.69, 9.17) is 9.47 Å². The lowest BCUT2D eigenvalue weighted by molar-refractivity contribution is -0.128. The summed E-state index contributed by atoms with van der Waals surface area (Å²) < 4.78 is 10.7. The molecule has 14 heavy (non-hydrogen) atoms. The third kappa shape index (κ3) is 1.98. The van der Waals surface area contributed by atoms with E-state index in [1.165, 1.54) is 0 Å². The van der Waals surface area contributed by atoms with Crippen molar-refractivity contribution < 1.29 is 14.3 Å². The fraction of sp³-hybridized carbons (Fsp3) is 0.909. The van der Waals surface area contributed by atoms with Crippen LogP contribution in [-0.4, -0.2) is 30.7 Å². The topological polar surface area (TPSA) is 38.8 Å². The van der Waals surface area contributed by atoms with Gasteiger partial charge in [0.05, 0.1) is 12.7 Å². The largest absolute Gasteiger partial charge is 0.378 e. The van der Waals surface area contributed by atoms with Gasteiger partial charge in [0.15, 0.2) is 5.78 Å². The second-order valence-electron chi connectivity index (χ2n) is 4.66. The zero-order valence-corrected chi connectivity index (χ0v) is 8.91. The van der Waals surface area contributed by atoms with Crippen molar-refractivity contribution in [2.24, 2.45) is 5.92 Å². The number of ether oxygens (including phenoxy) is 2. The maximum Gasteiger partial charge on any atom is 0.169 e. The van der Waals surface area contributed by atoms with Gasteiger partial charge in [-0.1, -0.05) is 6.92 Å². The van der Waals surface area contributed by atoms with Crippen LogP contribution in [0.4, 0.5) is 0 Å². The molecule has 2 saturated heterocycles. The third-order valence-electron chi connectivity index (χ3n) is 3.19. The van der Waals surface area contributed by atoms with Crippen molar-refractivity contribution in [3.05, 3.63) is 0 Å². The Morgan fingerprint density at radius 2 is 2.36 bits per heavy atom. The summed E-state index contributed by atoms with van der Waals surface area (Å²) in [6, 6.07) is 0. The maximum atomic E-state index is 11.8. The van der Waals surface area contributed by atoms with Gasteiger partial charge in [-0.3, -0.25) is 4.79 Å². The molecule has 2 aliphatic heterocycles. The molecule has 2 aliphatic rings. The molecule has 2 heterocycles. The Morgan fingerprint density at radius 1 is 1.64 bits per heavy atom. The second kappa shape index (κ2) is 3.63. The van der Waals surface area contributed by atoms with Gasteiger partial charge in [0.2, 0.25) is 0 Å². The molecule has 80 valence electrons. The van der Waals surface area contributed by atoms with Crippen LogP contribution >= 0.6 is 0 Å². The van der Waals surface area contributed by atoms with E-state index < -0.39 is 5.60 Å². The molecule has 2 rings (SSSR count). The average Bonchev–Trinajstić information content (AvgIpc) is 2.71. The maximum absolute atomic E-state index is 11.8. The van der Waals surface area contributed by atoms with E-state index in [9.17, 15) is 4.79 Å². The van der Waals surface area contributed by atoms with Crippen molar-refractivity contribution in [2.75, 3.05) is 13.2 Å². The molecule has 0 aliphatic carbocycles. The van der Waals surface area contributed by atoms with E-state index in [1.807, 2.05) is 13.8 Å². The molecule has 0 aromatic carbocycles. The monoisotopic (exact) mass is 198 g/mol. The van der Waals surface area contributed by atoms with Crippen molar-refractivity contribution >= 4 is 5.78 Å². The molecular weight excluding hydrogens is 180 g/mol. The molecule has 0 spiro atoms. The van der Waals surface area contributed by atoms with Crippen molar-refractivity contribution in [1.29, 1.82) is 0 Å². The molecule has 2 fully saturated rings. The molecule has 3 heteroatoms. The highest BCUT2D eigenvalue weighted by atomic mass is 16.6. The number of carbonyl (C=O) groups excluding carboxylic acids is 1. The molecule has 3 nitrogen and oxygen atoms in total. The van der Waals surface area contributed by atoms with Crippen molar-refractivity contribution in [3.8, 4) is 0 Å². The molecule has 0 amide bonds. The van der Waals surface area contributed by atoms with E-state index in [2.05, 4.69) is 0 Å². The summed E-state index contributed by atoms with van der Waals surface area (Å²) in [6.07, 6.45) is 3.41. The van der Waals surface area contributed by atoms with E-state index in [0.717, 1.165) is 25.9 Å². The minimum absolute atomic E-state index is 0.0746. The molecule has 3 atom stereocenters. The van der Waals surface area contributed by atoms with Gasteiger partial charge in [-0.25, -0.2) is 0 Å². The first-order chi connectivity index (χ1) is 6.62. The fourth-order valence-corrected chi connectivity index (χ4v) is 2.10. The van der Waals surface area contributed by atoms with Crippen LogP contribution in [0.1, 0.15) is 33.1 Å².